The Balaban J connectivity index is 1.55. The molecule has 0 atom stereocenters. The minimum absolute atomic E-state index is 0.551. The lowest BCUT2D eigenvalue weighted by atomic mass is 10.2. The number of nitrogens with two attached hydrogens (primary N) is 1. The Labute approximate surface area is 185 Å². The molecule has 1 aliphatic heterocycles. The molecular weight excluding hydrogens is 404 g/mol. The molecule has 4 aromatic rings. The van der Waals surface area contributed by atoms with Crippen molar-refractivity contribution in [3.8, 4) is 5.69 Å². The van der Waals surface area contributed by atoms with Gasteiger partial charge in [0, 0.05) is 24.5 Å². The number of ether oxygens (including phenoxy) is 1. The first kappa shape index (κ1) is 20.0. The summed E-state index contributed by atoms with van der Waals surface area (Å²) < 4.78 is 7.41. The van der Waals surface area contributed by atoms with Crippen molar-refractivity contribution in [1.82, 2.24) is 19.5 Å². The first-order valence-corrected chi connectivity index (χ1v) is 10.5. The third kappa shape index (κ3) is 4.10. The molecule has 32 heavy (non-hydrogen) atoms. The third-order valence-electron chi connectivity index (χ3n) is 5.28. The Hall–Kier alpha value is -3.98. The van der Waals surface area contributed by atoms with Gasteiger partial charge < -0.3 is 15.4 Å². The number of morpholine rings is 1. The summed E-state index contributed by atoms with van der Waals surface area (Å²) in [5, 5.41) is 4.41. The number of imidazole rings is 1. The average molecular weight is 429 g/mol. The number of aryl methyl sites for hydroxylation is 1. The van der Waals surface area contributed by atoms with Gasteiger partial charge in [0.1, 0.15) is 6.33 Å². The minimum atomic E-state index is 0.551. The molecule has 0 unspecified atom stereocenters. The van der Waals surface area contributed by atoms with Crippen molar-refractivity contribution >= 4 is 34.8 Å². The SMILES string of the molecule is Cc1cccc(C=NNc2nc(N3CCOCC3)nc3c2ncn3-c2ccc(N)cc2)c1. The zero-order valence-electron chi connectivity index (χ0n) is 17.8. The summed E-state index contributed by atoms with van der Waals surface area (Å²) in [6.45, 7) is 4.80. The molecule has 3 heterocycles. The lowest BCUT2D eigenvalue weighted by molar-refractivity contribution is 0.122. The van der Waals surface area contributed by atoms with Crippen molar-refractivity contribution in [2.75, 3.05) is 42.4 Å². The lowest BCUT2D eigenvalue weighted by Crippen LogP contribution is -2.37. The molecule has 9 nitrogen and oxygen atoms in total. The van der Waals surface area contributed by atoms with Gasteiger partial charge >= 0.3 is 0 Å². The van der Waals surface area contributed by atoms with E-state index in [1.54, 1.807) is 12.5 Å². The summed E-state index contributed by atoms with van der Waals surface area (Å²) in [4.78, 5) is 16.2. The summed E-state index contributed by atoms with van der Waals surface area (Å²) >= 11 is 0. The first-order valence-electron chi connectivity index (χ1n) is 10.5. The number of hydrogen-bond donors (Lipinski definition) is 2. The molecule has 9 heteroatoms. The molecule has 5 rings (SSSR count). The molecule has 0 aliphatic carbocycles. The minimum Gasteiger partial charge on any atom is -0.399 e. The van der Waals surface area contributed by atoms with E-state index in [0.717, 1.165) is 24.3 Å². The van der Waals surface area contributed by atoms with Gasteiger partial charge in [-0.1, -0.05) is 29.8 Å². The molecule has 1 saturated heterocycles. The Morgan fingerprint density at radius 3 is 2.69 bits per heavy atom. The number of benzene rings is 2. The second kappa shape index (κ2) is 8.64. The lowest BCUT2D eigenvalue weighted by Gasteiger charge is -2.27. The highest BCUT2D eigenvalue weighted by Gasteiger charge is 2.19. The van der Waals surface area contributed by atoms with Crippen LogP contribution in [0.2, 0.25) is 0 Å². The smallest absolute Gasteiger partial charge is 0.229 e. The molecule has 1 fully saturated rings. The van der Waals surface area contributed by atoms with Crippen molar-refractivity contribution in [2.24, 2.45) is 5.10 Å². The van der Waals surface area contributed by atoms with E-state index in [4.69, 9.17) is 20.4 Å². The fourth-order valence-electron chi connectivity index (χ4n) is 3.61. The van der Waals surface area contributed by atoms with Crippen LogP contribution in [0.15, 0.2) is 60.0 Å². The van der Waals surface area contributed by atoms with Gasteiger partial charge in [0.25, 0.3) is 0 Å². The van der Waals surface area contributed by atoms with Gasteiger partial charge in [0.2, 0.25) is 5.95 Å². The van der Waals surface area contributed by atoms with Crippen molar-refractivity contribution < 1.29 is 4.74 Å². The van der Waals surface area contributed by atoms with Crippen molar-refractivity contribution in [3.05, 3.63) is 66.0 Å². The molecule has 3 N–H and O–H groups in total. The summed E-state index contributed by atoms with van der Waals surface area (Å²) in [6.07, 6.45) is 3.51. The Bertz CT molecular complexity index is 1260. The molecule has 0 amide bonds. The van der Waals surface area contributed by atoms with Gasteiger partial charge in [-0.3, -0.25) is 9.99 Å². The van der Waals surface area contributed by atoms with Gasteiger partial charge in [-0.25, -0.2) is 4.98 Å². The molecule has 0 saturated carbocycles. The first-order chi connectivity index (χ1) is 15.7. The maximum atomic E-state index is 5.86. The van der Waals surface area contributed by atoms with Crippen LogP contribution in [-0.2, 0) is 4.74 Å². The normalized spacial score (nSPS) is 14.3. The Kier molecular flexibility index (Phi) is 5.39. The van der Waals surface area contributed by atoms with E-state index in [1.807, 2.05) is 41.0 Å². The van der Waals surface area contributed by atoms with Crippen molar-refractivity contribution in [3.63, 3.8) is 0 Å². The summed E-state index contributed by atoms with van der Waals surface area (Å²) in [6, 6.07) is 15.7. The van der Waals surface area contributed by atoms with Gasteiger partial charge in [-0.2, -0.15) is 15.1 Å². The van der Waals surface area contributed by atoms with Gasteiger partial charge in [-0.15, -0.1) is 0 Å². The van der Waals surface area contributed by atoms with E-state index in [-0.39, 0.29) is 0 Å². The number of aromatic nitrogens is 4. The van der Waals surface area contributed by atoms with Crippen molar-refractivity contribution in [2.45, 2.75) is 6.92 Å². The number of nitrogens with one attached hydrogen (secondary N) is 1. The fraction of sp³-hybridized carbons (Fsp3) is 0.217. The topological polar surface area (TPSA) is 106 Å². The number of rotatable bonds is 5. The largest absolute Gasteiger partial charge is 0.399 e. The predicted molar refractivity (Wildman–Crippen MR) is 127 cm³/mol. The summed E-state index contributed by atoms with van der Waals surface area (Å²) in [7, 11) is 0. The van der Waals surface area contributed by atoms with Crippen LogP contribution in [0, 0.1) is 6.92 Å². The number of nitrogens with zero attached hydrogens (tertiary/aromatic N) is 6. The van der Waals surface area contributed by atoms with Gasteiger partial charge in [0.15, 0.2) is 17.0 Å². The molecule has 0 radical (unpaired) electrons. The monoisotopic (exact) mass is 428 g/mol. The predicted octanol–water partition coefficient (Wildman–Crippen LogP) is 2.99. The maximum absolute atomic E-state index is 5.86. The van der Waals surface area contributed by atoms with E-state index in [2.05, 4.69) is 39.5 Å². The van der Waals surface area contributed by atoms with Crippen LogP contribution in [0.5, 0.6) is 0 Å². The van der Waals surface area contributed by atoms with E-state index in [1.165, 1.54) is 5.56 Å². The second-order valence-corrected chi connectivity index (χ2v) is 7.63. The Morgan fingerprint density at radius 2 is 1.91 bits per heavy atom. The molecule has 0 bridgehead atoms. The highest BCUT2D eigenvalue weighted by atomic mass is 16.5. The molecular formula is C23H24N8O. The molecule has 2 aromatic heterocycles. The van der Waals surface area contributed by atoms with Gasteiger partial charge in [-0.05, 0) is 36.8 Å². The average Bonchev–Trinajstić information content (AvgIpc) is 3.24. The highest BCUT2D eigenvalue weighted by molar-refractivity contribution is 5.87. The van der Waals surface area contributed by atoms with E-state index >= 15 is 0 Å². The zero-order chi connectivity index (χ0) is 21.9. The number of nitrogen functional groups attached to an aromatic ring is 1. The third-order valence-corrected chi connectivity index (χ3v) is 5.28. The number of hydrazone groups is 1. The number of hydrogen-bond acceptors (Lipinski definition) is 8. The molecule has 0 spiro atoms. The highest BCUT2D eigenvalue weighted by Crippen LogP contribution is 2.25. The van der Waals surface area contributed by atoms with Crippen LogP contribution < -0.4 is 16.1 Å². The van der Waals surface area contributed by atoms with Crippen LogP contribution in [0.4, 0.5) is 17.5 Å². The standard InChI is InChI=1S/C23H24N8O/c1-16-3-2-4-17(13-16)14-26-29-21-20-22(28-23(27-21)30-9-11-32-12-10-30)31(15-25-20)19-7-5-18(24)6-8-19/h2-8,13-15H,9-12,24H2,1H3,(H,27,28,29). The van der Waals surface area contributed by atoms with Crippen LogP contribution in [0.3, 0.4) is 0 Å². The van der Waals surface area contributed by atoms with E-state index < -0.39 is 0 Å². The number of anilines is 3. The Morgan fingerprint density at radius 1 is 1.09 bits per heavy atom. The van der Waals surface area contributed by atoms with Crippen LogP contribution in [0.1, 0.15) is 11.1 Å². The van der Waals surface area contributed by atoms with Crippen LogP contribution >= 0.6 is 0 Å². The fourth-order valence-corrected chi connectivity index (χ4v) is 3.61. The maximum Gasteiger partial charge on any atom is 0.229 e. The summed E-state index contributed by atoms with van der Waals surface area (Å²) in [5.74, 6) is 1.17. The van der Waals surface area contributed by atoms with Gasteiger partial charge in [0.05, 0.1) is 19.4 Å². The van der Waals surface area contributed by atoms with Crippen molar-refractivity contribution in [1.29, 1.82) is 0 Å². The van der Waals surface area contributed by atoms with E-state index in [0.29, 0.717) is 41.8 Å². The molecule has 1 aliphatic rings. The van der Waals surface area contributed by atoms with E-state index in [9.17, 15) is 0 Å². The molecule has 162 valence electrons. The summed E-state index contributed by atoms with van der Waals surface area (Å²) in [5.41, 5.74) is 14.1. The quantitative estimate of drug-likeness (QED) is 0.286. The molecule has 2 aromatic carbocycles. The van der Waals surface area contributed by atoms with Crippen LogP contribution in [0.25, 0.3) is 16.9 Å². The second-order valence-electron chi connectivity index (χ2n) is 7.63. The zero-order valence-corrected chi connectivity index (χ0v) is 17.8. The number of fused-ring (bicyclic) bond motifs is 1. The van der Waals surface area contributed by atoms with Crippen LogP contribution in [-0.4, -0.2) is 52.0 Å².